The van der Waals surface area contributed by atoms with Crippen LogP contribution < -0.4 is 5.32 Å². The second-order valence-electron chi connectivity index (χ2n) is 5.30. The summed E-state index contributed by atoms with van der Waals surface area (Å²) in [4.78, 5) is 20.5. The highest BCUT2D eigenvalue weighted by molar-refractivity contribution is 5.90. The van der Waals surface area contributed by atoms with Gasteiger partial charge in [0.2, 0.25) is 0 Å². The lowest BCUT2D eigenvalue weighted by Crippen LogP contribution is -2.03. The van der Waals surface area contributed by atoms with Gasteiger partial charge in [-0.25, -0.2) is 14.8 Å². The normalized spacial score (nSPS) is 10.8. The van der Waals surface area contributed by atoms with Gasteiger partial charge in [0, 0.05) is 29.8 Å². The number of hydrogen-bond acceptors (Lipinski definition) is 6. The minimum Gasteiger partial charge on any atom is -0.465 e. The van der Waals surface area contributed by atoms with Gasteiger partial charge in [-0.05, 0) is 18.2 Å². The number of methoxy groups -OCH3 is 1. The van der Waals surface area contributed by atoms with Crippen LogP contribution in [0, 0.1) is 0 Å². The van der Waals surface area contributed by atoms with Gasteiger partial charge in [0.25, 0.3) is 0 Å². The van der Waals surface area contributed by atoms with E-state index in [-0.39, 0.29) is 0 Å². The van der Waals surface area contributed by atoms with E-state index in [1.807, 2.05) is 16.7 Å². The predicted molar refractivity (Wildman–Crippen MR) is 91.6 cm³/mol. The zero-order valence-corrected chi connectivity index (χ0v) is 13.3. The van der Waals surface area contributed by atoms with E-state index in [0.29, 0.717) is 17.0 Å². The minimum atomic E-state index is -0.391. The number of hydrogen-bond donors (Lipinski definition) is 2. The molecule has 0 saturated carbocycles. The maximum absolute atomic E-state index is 11.7. The zero-order valence-electron chi connectivity index (χ0n) is 13.3. The van der Waals surface area contributed by atoms with Gasteiger partial charge in [-0.3, -0.25) is 9.50 Å². The zero-order chi connectivity index (χ0) is 17.2. The number of aromatic amines is 1. The first-order valence-corrected chi connectivity index (χ1v) is 7.53. The molecule has 2 N–H and O–H groups in total. The number of ether oxygens (including phenoxy) is 1. The van der Waals surface area contributed by atoms with E-state index in [1.54, 1.807) is 43.0 Å². The minimum absolute atomic E-state index is 0.391. The third-order valence-corrected chi connectivity index (χ3v) is 3.77. The number of esters is 1. The Kier molecular flexibility index (Phi) is 3.62. The molecule has 124 valence electrons. The average molecular weight is 334 g/mol. The molecule has 8 heteroatoms. The van der Waals surface area contributed by atoms with E-state index >= 15 is 0 Å². The van der Waals surface area contributed by atoms with Gasteiger partial charge < -0.3 is 10.1 Å². The molecule has 4 rings (SSSR count). The number of nitrogens with zero attached hydrogens (tertiary/aromatic N) is 4. The molecule has 0 aliphatic carbocycles. The number of fused-ring (bicyclic) bond motifs is 1. The molecule has 0 amide bonds. The first-order chi connectivity index (χ1) is 12.3. The summed E-state index contributed by atoms with van der Waals surface area (Å²) >= 11 is 0. The standard InChI is InChI=1S/C17H14N6O2/c1-25-17(24)11-3-2-4-13(7-11)22-15-16-18-5-6-23(16)14(10-19-15)12-8-20-21-9-12/h2-10H,1H3,(H,19,22)(H,20,21). The van der Waals surface area contributed by atoms with Crippen molar-refractivity contribution >= 4 is 23.1 Å². The number of anilines is 2. The maximum Gasteiger partial charge on any atom is 0.337 e. The van der Waals surface area contributed by atoms with Crippen molar-refractivity contribution < 1.29 is 9.53 Å². The molecular weight excluding hydrogens is 320 g/mol. The summed E-state index contributed by atoms with van der Waals surface area (Å²) in [6.45, 7) is 0. The molecule has 25 heavy (non-hydrogen) atoms. The molecule has 0 fully saturated rings. The van der Waals surface area contributed by atoms with Crippen LogP contribution in [0.25, 0.3) is 16.9 Å². The maximum atomic E-state index is 11.7. The van der Waals surface area contributed by atoms with E-state index < -0.39 is 5.97 Å². The van der Waals surface area contributed by atoms with Crippen molar-refractivity contribution in [2.75, 3.05) is 12.4 Å². The first-order valence-electron chi connectivity index (χ1n) is 7.53. The van der Waals surface area contributed by atoms with E-state index in [9.17, 15) is 4.79 Å². The molecule has 0 atom stereocenters. The molecule has 0 bridgehead atoms. The van der Waals surface area contributed by atoms with Crippen LogP contribution in [-0.2, 0) is 4.74 Å². The van der Waals surface area contributed by atoms with E-state index in [1.165, 1.54) is 7.11 Å². The molecular formula is C17H14N6O2. The number of imidazole rings is 1. The number of nitrogens with one attached hydrogen (secondary N) is 2. The van der Waals surface area contributed by atoms with Crippen molar-refractivity contribution in [3.05, 3.63) is 60.8 Å². The van der Waals surface area contributed by atoms with Gasteiger partial charge >= 0.3 is 5.97 Å². The van der Waals surface area contributed by atoms with Gasteiger partial charge in [-0.2, -0.15) is 5.10 Å². The molecule has 0 aliphatic heterocycles. The highest BCUT2D eigenvalue weighted by Gasteiger charge is 2.12. The number of carbonyl (C=O) groups is 1. The lowest BCUT2D eigenvalue weighted by atomic mass is 10.2. The van der Waals surface area contributed by atoms with Gasteiger partial charge in [-0.15, -0.1) is 0 Å². The van der Waals surface area contributed by atoms with Gasteiger partial charge in [0.1, 0.15) is 0 Å². The lowest BCUT2D eigenvalue weighted by Gasteiger charge is -2.10. The van der Waals surface area contributed by atoms with Gasteiger partial charge in [-0.1, -0.05) is 6.07 Å². The van der Waals surface area contributed by atoms with Crippen LogP contribution in [0.5, 0.6) is 0 Å². The molecule has 1 aromatic carbocycles. The molecule has 0 spiro atoms. The van der Waals surface area contributed by atoms with E-state index in [0.717, 1.165) is 16.9 Å². The van der Waals surface area contributed by atoms with E-state index in [2.05, 4.69) is 25.5 Å². The molecule has 0 unspecified atom stereocenters. The van der Waals surface area contributed by atoms with Crippen LogP contribution in [0.2, 0.25) is 0 Å². The Hall–Kier alpha value is -3.68. The fourth-order valence-electron chi connectivity index (χ4n) is 2.59. The second-order valence-corrected chi connectivity index (χ2v) is 5.30. The quantitative estimate of drug-likeness (QED) is 0.557. The fourth-order valence-corrected chi connectivity index (χ4v) is 2.59. The number of benzene rings is 1. The Morgan fingerprint density at radius 3 is 3.00 bits per heavy atom. The highest BCUT2D eigenvalue weighted by atomic mass is 16.5. The molecule has 0 aliphatic rings. The molecule has 4 aromatic rings. The second kappa shape index (κ2) is 6.08. The Morgan fingerprint density at radius 1 is 1.28 bits per heavy atom. The van der Waals surface area contributed by atoms with E-state index in [4.69, 9.17) is 4.74 Å². The summed E-state index contributed by atoms with van der Waals surface area (Å²) in [6.07, 6.45) is 8.82. The SMILES string of the molecule is COC(=O)c1cccc(Nc2ncc(-c3cn[nH]c3)n3ccnc23)c1. The van der Waals surface area contributed by atoms with Crippen molar-refractivity contribution in [3.63, 3.8) is 0 Å². The van der Waals surface area contributed by atoms with Crippen LogP contribution in [-0.4, -0.2) is 37.6 Å². The van der Waals surface area contributed by atoms with Crippen LogP contribution in [0.1, 0.15) is 10.4 Å². The van der Waals surface area contributed by atoms with Crippen molar-refractivity contribution in [3.8, 4) is 11.3 Å². The van der Waals surface area contributed by atoms with Gasteiger partial charge in [0.15, 0.2) is 11.5 Å². The first kappa shape index (κ1) is 14.9. The van der Waals surface area contributed by atoms with Gasteiger partial charge in [0.05, 0.1) is 30.8 Å². The van der Waals surface area contributed by atoms with Crippen molar-refractivity contribution in [1.82, 2.24) is 24.6 Å². The molecule has 3 aromatic heterocycles. The summed E-state index contributed by atoms with van der Waals surface area (Å²) in [7, 11) is 1.35. The third-order valence-electron chi connectivity index (χ3n) is 3.77. The Labute approximate surface area is 142 Å². The van der Waals surface area contributed by atoms with Crippen LogP contribution >= 0.6 is 0 Å². The lowest BCUT2D eigenvalue weighted by molar-refractivity contribution is 0.0601. The topological polar surface area (TPSA) is 97.2 Å². The highest BCUT2D eigenvalue weighted by Crippen LogP contribution is 2.25. The van der Waals surface area contributed by atoms with Crippen molar-refractivity contribution in [1.29, 1.82) is 0 Å². The van der Waals surface area contributed by atoms with Crippen LogP contribution in [0.3, 0.4) is 0 Å². The Bertz CT molecular complexity index is 1040. The van der Waals surface area contributed by atoms with Crippen molar-refractivity contribution in [2.45, 2.75) is 0 Å². The number of aromatic nitrogens is 5. The summed E-state index contributed by atoms with van der Waals surface area (Å²) in [6, 6.07) is 7.02. The number of carbonyl (C=O) groups excluding carboxylic acids is 1. The predicted octanol–water partition coefficient (Wildman–Crippen LogP) is 2.65. The Morgan fingerprint density at radius 2 is 2.20 bits per heavy atom. The van der Waals surface area contributed by atoms with Crippen LogP contribution in [0.4, 0.5) is 11.5 Å². The van der Waals surface area contributed by atoms with Crippen molar-refractivity contribution in [2.24, 2.45) is 0 Å². The third kappa shape index (κ3) is 2.69. The summed E-state index contributed by atoms with van der Waals surface area (Å²) < 4.78 is 6.67. The largest absolute Gasteiger partial charge is 0.465 e. The molecule has 3 heterocycles. The summed E-state index contributed by atoms with van der Waals surface area (Å²) in [5.41, 5.74) is 3.63. The molecule has 8 nitrogen and oxygen atoms in total. The fraction of sp³-hybridized carbons (Fsp3) is 0.0588. The molecule has 0 saturated heterocycles. The smallest absolute Gasteiger partial charge is 0.337 e. The monoisotopic (exact) mass is 334 g/mol. The number of H-pyrrole nitrogens is 1. The Balaban J connectivity index is 1.73. The average Bonchev–Trinajstić information content (AvgIpc) is 3.33. The summed E-state index contributed by atoms with van der Waals surface area (Å²) in [5, 5.41) is 9.96. The number of rotatable bonds is 4. The molecule has 0 radical (unpaired) electrons. The van der Waals surface area contributed by atoms with Crippen LogP contribution in [0.15, 0.2) is 55.2 Å². The summed E-state index contributed by atoms with van der Waals surface area (Å²) in [5.74, 6) is 0.192.